The molecule has 0 bridgehead atoms. The molecule has 1 aromatic heterocycles. The molecule has 0 unspecified atom stereocenters. The van der Waals surface area contributed by atoms with Gasteiger partial charge in [-0.2, -0.15) is 0 Å². The number of hydrogen-bond donors (Lipinski definition) is 1. The molecule has 1 saturated carbocycles. The fraction of sp³-hybridized carbons (Fsp3) is 0.579. The molecule has 0 aliphatic heterocycles. The number of rotatable bonds is 6. The van der Waals surface area contributed by atoms with Crippen LogP contribution in [-0.4, -0.2) is 6.04 Å². The van der Waals surface area contributed by atoms with Gasteiger partial charge in [0.25, 0.3) is 0 Å². The van der Waals surface area contributed by atoms with E-state index in [9.17, 15) is 0 Å². The molecule has 1 heterocycles. The van der Waals surface area contributed by atoms with E-state index in [0.29, 0.717) is 6.04 Å². The summed E-state index contributed by atoms with van der Waals surface area (Å²) in [5.41, 5.74) is 2.44. The van der Waals surface area contributed by atoms with E-state index in [4.69, 9.17) is 4.42 Å². The fourth-order valence-corrected chi connectivity index (χ4v) is 3.44. The largest absolute Gasteiger partial charge is 0.461 e. The van der Waals surface area contributed by atoms with Crippen molar-refractivity contribution in [1.29, 1.82) is 0 Å². The number of aryl methyl sites for hydroxylation is 1. The Morgan fingerprint density at radius 1 is 1.14 bits per heavy atom. The molecule has 2 heteroatoms. The first kappa shape index (κ1) is 14.6. The molecule has 0 saturated heterocycles. The Bertz CT molecular complexity index is 566. The monoisotopic (exact) mass is 285 g/mol. The molecule has 1 N–H and O–H groups in total. The third-order valence-electron chi connectivity index (χ3n) is 4.71. The molecule has 0 amide bonds. The van der Waals surface area contributed by atoms with Crippen LogP contribution in [0.15, 0.2) is 28.7 Å². The lowest BCUT2D eigenvalue weighted by Gasteiger charge is -2.22. The minimum atomic E-state index is 0.700. The van der Waals surface area contributed by atoms with Gasteiger partial charge in [-0.3, -0.25) is 0 Å². The zero-order chi connectivity index (χ0) is 14.5. The smallest absolute Gasteiger partial charge is 0.134 e. The maximum absolute atomic E-state index is 6.10. The van der Waals surface area contributed by atoms with Gasteiger partial charge in [0.15, 0.2) is 0 Å². The lowest BCUT2D eigenvalue weighted by Crippen LogP contribution is -2.30. The van der Waals surface area contributed by atoms with Gasteiger partial charge in [-0.15, -0.1) is 0 Å². The average Bonchev–Trinajstić information content (AvgIpc) is 2.89. The number of nitrogens with one attached hydrogen (secondary N) is 1. The predicted octanol–water partition coefficient (Wildman–Crippen LogP) is 5.20. The van der Waals surface area contributed by atoms with Crippen molar-refractivity contribution in [2.45, 2.75) is 70.9 Å². The first-order chi connectivity index (χ1) is 10.4. The molecule has 0 spiro atoms. The van der Waals surface area contributed by atoms with Gasteiger partial charge in [0, 0.05) is 30.0 Å². The van der Waals surface area contributed by atoms with Gasteiger partial charge in [0.05, 0.1) is 0 Å². The first-order valence-electron chi connectivity index (χ1n) is 8.61. The van der Waals surface area contributed by atoms with Crippen LogP contribution in [0.1, 0.15) is 63.2 Å². The van der Waals surface area contributed by atoms with Gasteiger partial charge >= 0.3 is 0 Å². The molecule has 0 radical (unpaired) electrons. The number of para-hydroxylation sites is 1. The van der Waals surface area contributed by atoms with Gasteiger partial charge in [-0.1, -0.05) is 50.8 Å². The lowest BCUT2D eigenvalue weighted by atomic mass is 9.95. The summed E-state index contributed by atoms with van der Waals surface area (Å²) in [6, 6.07) is 9.17. The van der Waals surface area contributed by atoms with Crippen molar-refractivity contribution in [2.75, 3.05) is 0 Å². The van der Waals surface area contributed by atoms with Crippen LogP contribution in [0.2, 0.25) is 0 Å². The van der Waals surface area contributed by atoms with Crippen LogP contribution in [0.3, 0.4) is 0 Å². The predicted molar refractivity (Wildman–Crippen MR) is 88.5 cm³/mol. The number of hydrogen-bond acceptors (Lipinski definition) is 2. The molecule has 1 aliphatic rings. The molecule has 2 aromatic rings. The van der Waals surface area contributed by atoms with Crippen molar-refractivity contribution in [3.05, 3.63) is 35.6 Å². The molecule has 114 valence electrons. The van der Waals surface area contributed by atoms with Gasteiger partial charge in [0.2, 0.25) is 0 Å². The Morgan fingerprint density at radius 2 is 1.95 bits per heavy atom. The highest BCUT2D eigenvalue weighted by atomic mass is 16.3. The quantitative estimate of drug-likeness (QED) is 0.789. The molecular weight excluding hydrogens is 258 g/mol. The molecule has 1 aliphatic carbocycles. The normalized spacial score (nSPS) is 16.6. The molecule has 3 rings (SSSR count). The standard InChI is InChI=1S/C19H27NO/c1-2-3-12-19-17(14-20-15-9-5-4-6-10-15)16-11-7-8-13-18(16)21-19/h7-8,11,13,15,20H,2-6,9-10,12,14H2,1H3. The second kappa shape index (κ2) is 7.13. The van der Waals surface area contributed by atoms with Crippen LogP contribution in [0.5, 0.6) is 0 Å². The van der Waals surface area contributed by atoms with Crippen LogP contribution >= 0.6 is 0 Å². The highest BCUT2D eigenvalue weighted by Crippen LogP contribution is 2.28. The third kappa shape index (κ3) is 3.49. The summed E-state index contributed by atoms with van der Waals surface area (Å²) in [7, 11) is 0. The summed E-state index contributed by atoms with van der Waals surface area (Å²) in [6.07, 6.45) is 10.3. The SMILES string of the molecule is CCCCc1oc2ccccc2c1CNC1CCCCC1. The van der Waals surface area contributed by atoms with E-state index in [-0.39, 0.29) is 0 Å². The Hall–Kier alpha value is -1.28. The van der Waals surface area contributed by atoms with Crippen molar-refractivity contribution in [3.63, 3.8) is 0 Å². The van der Waals surface area contributed by atoms with E-state index >= 15 is 0 Å². The van der Waals surface area contributed by atoms with E-state index in [0.717, 1.165) is 18.5 Å². The van der Waals surface area contributed by atoms with E-state index < -0.39 is 0 Å². The molecular formula is C19H27NO. The topological polar surface area (TPSA) is 25.2 Å². The van der Waals surface area contributed by atoms with Crippen LogP contribution in [0.4, 0.5) is 0 Å². The van der Waals surface area contributed by atoms with Crippen LogP contribution in [0.25, 0.3) is 11.0 Å². The number of furan rings is 1. The molecule has 1 aromatic carbocycles. The third-order valence-corrected chi connectivity index (χ3v) is 4.71. The minimum absolute atomic E-state index is 0.700. The van der Waals surface area contributed by atoms with E-state index in [1.165, 1.54) is 61.7 Å². The summed E-state index contributed by atoms with van der Waals surface area (Å²) in [6.45, 7) is 3.20. The highest BCUT2D eigenvalue weighted by molar-refractivity contribution is 5.82. The van der Waals surface area contributed by atoms with Gasteiger partial charge < -0.3 is 9.73 Å². The summed E-state index contributed by atoms with van der Waals surface area (Å²) in [4.78, 5) is 0. The Kier molecular flexibility index (Phi) is 4.97. The fourth-order valence-electron chi connectivity index (χ4n) is 3.44. The van der Waals surface area contributed by atoms with Crippen molar-refractivity contribution in [1.82, 2.24) is 5.32 Å². The summed E-state index contributed by atoms with van der Waals surface area (Å²) >= 11 is 0. The summed E-state index contributed by atoms with van der Waals surface area (Å²) in [5, 5.41) is 5.07. The second-order valence-electron chi connectivity index (χ2n) is 6.32. The maximum atomic E-state index is 6.10. The molecule has 0 atom stereocenters. The van der Waals surface area contributed by atoms with E-state index in [1.807, 2.05) is 0 Å². The second-order valence-corrected chi connectivity index (χ2v) is 6.32. The summed E-state index contributed by atoms with van der Waals surface area (Å²) < 4.78 is 6.10. The lowest BCUT2D eigenvalue weighted by molar-refractivity contribution is 0.371. The molecule has 1 fully saturated rings. The first-order valence-corrected chi connectivity index (χ1v) is 8.61. The van der Waals surface area contributed by atoms with Gasteiger partial charge in [0.1, 0.15) is 11.3 Å². The van der Waals surface area contributed by atoms with E-state index in [2.05, 4.69) is 36.5 Å². The zero-order valence-electron chi connectivity index (χ0n) is 13.2. The highest BCUT2D eigenvalue weighted by Gasteiger charge is 2.17. The number of unbranched alkanes of at least 4 members (excludes halogenated alkanes) is 1. The van der Waals surface area contributed by atoms with Crippen molar-refractivity contribution < 1.29 is 4.42 Å². The zero-order valence-corrected chi connectivity index (χ0v) is 13.2. The Morgan fingerprint density at radius 3 is 2.76 bits per heavy atom. The van der Waals surface area contributed by atoms with Gasteiger partial charge in [-0.25, -0.2) is 0 Å². The summed E-state index contributed by atoms with van der Waals surface area (Å²) in [5.74, 6) is 1.20. The average molecular weight is 285 g/mol. The Balaban J connectivity index is 1.77. The number of fused-ring (bicyclic) bond motifs is 1. The van der Waals surface area contributed by atoms with Crippen molar-refractivity contribution in [3.8, 4) is 0 Å². The maximum Gasteiger partial charge on any atom is 0.134 e. The van der Waals surface area contributed by atoms with Crippen LogP contribution in [0, 0.1) is 0 Å². The minimum Gasteiger partial charge on any atom is -0.461 e. The van der Waals surface area contributed by atoms with Crippen molar-refractivity contribution in [2.24, 2.45) is 0 Å². The van der Waals surface area contributed by atoms with Gasteiger partial charge in [-0.05, 0) is 25.3 Å². The molecule has 21 heavy (non-hydrogen) atoms. The number of benzene rings is 1. The van der Waals surface area contributed by atoms with Crippen molar-refractivity contribution >= 4 is 11.0 Å². The van der Waals surface area contributed by atoms with Crippen LogP contribution < -0.4 is 5.32 Å². The van der Waals surface area contributed by atoms with E-state index in [1.54, 1.807) is 0 Å². The molecule has 2 nitrogen and oxygen atoms in total. The van der Waals surface area contributed by atoms with Crippen LogP contribution in [-0.2, 0) is 13.0 Å². The Labute approximate surface area is 127 Å².